The van der Waals surface area contributed by atoms with Gasteiger partial charge in [0.15, 0.2) is 0 Å². The molecule has 0 aliphatic carbocycles. The van der Waals surface area contributed by atoms with Crippen molar-refractivity contribution in [3.8, 4) is 0 Å². The number of nitrogens with one attached hydrogen (secondary N) is 5. The van der Waals surface area contributed by atoms with E-state index >= 15 is 0 Å². The first-order valence-corrected chi connectivity index (χ1v) is 32.0. The zero-order valence-corrected chi connectivity index (χ0v) is 53.4. The van der Waals surface area contributed by atoms with Gasteiger partial charge in [-0.2, -0.15) is 15.0 Å². The maximum atomic E-state index is 12.4. The summed E-state index contributed by atoms with van der Waals surface area (Å²) in [4.78, 5) is 143. The molecular formula is C60H96N14O20. The molecule has 94 heavy (non-hydrogen) atoms. The first-order chi connectivity index (χ1) is 45.0. The molecule has 2 aliphatic rings. The van der Waals surface area contributed by atoms with Gasteiger partial charge in [0.2, 0.25) is 23.8 Å². The van der Waals surface area contributed by atoms with E-state index in [4.69, 9.17) is 29.7 Å². The molecular weight excluding hydrogens is 1240 g/mol. The lowest BCUT2D eigenvalue weighted by atomic mass is 10.0. The average molecular weight is 1330 g/mol. The number of rotatable bonds is 46. The van der Waals surface area contributed by atoms with Crippen LogP contribution in [0, 0.1) is 0 Å². The summed E-state index contributed by atoms with van der Waals surface area (Å²) >= 11 is 0. The van der Waals surface area contributed by atoms with E-state index in [9.17, 15) is 78.6 Å². The maximum Gasteiger partial charge on any atom is 0.326 e. The number of carbonyl (C=O) groups is 10. The SMILES string of the molecule is O=C(O)CCOCCOCCNc1nc(Nc2ccc(CC3CN(CC(=O)O)CCN(CC(=O)O)CCN(CC(=O)O)CCN3CC(=O)O)cc2)nc(N2CCN(CCCCCCCCCCC(=O)NCCCCC(NC(=O)N[C@@H](CCC(=O)O)C(=O)O)C(=O)O)CC2)n1. The summed E-state index contributed by atoms with van der Waals surface area (Å²) in [5, 5.41) is 89.3. The van der Waals surface area contributed by atoms with Gasteiger partial charge in [-0.1, -0.05) is 50.7 Å². The summed E-state index contributed by atoms with van der Waals surface area (Å²) in [6.45, 7) is 5.04. The zero-order valence-electron chi connectivity index (χ0n) is 53.4. The quantitative estimate of drug-likeness (QED) is 0.0411. The van der Waals surface area contributed by atoms with E-state index in [1.54, 1.807) is 19.6 Å². The number of aromatic nitrogens is 3. The van der Waals surface area contributed by atoms with Gasteiger partial charge in [-0.3, -0.25) is 58.1 Å². The number of benzene rings is 1. The normalized spacial score (nSPS) is 16.3. The van der Waals surface area contributed by atoms with Crippen molar-refractivity contribution in [1.29, 1.82) is 0 Å². The largest absolute Gasteiger partial charge is 0.481 e. The van der Waals surface area contributed by atoms with Gasteiger partial charge in [0.25, 0.3) is 0 Å². The number of aliphatic carboxylic acids is 8. The lowest BCUT2D eigenvalue weighted by Gasteiger charge is -2.37. The molecule has 0 radical (unpaired) electrons. The predicted octanol–water partition coefficient (Wildman–Crippen LogP) is 0.996. The van der Waals surface area contributed by atoms with E-state index in [2.05, 4.69) is 41.4 Å². The number of amides is 3. The van der Waals surface area contributed by atoms with Crippen LogP contribution in [0.2, 0.25) is 0 Å². The van der Waals surface area contributed by atoms with Gasteiger partial charge in [-0.15, -0.1) is 0 Å². The third-order valence-corrected chi connectivity index (χ3v) is 15.6. The van der Waals surface area contributed by atoms with Crippen LogP contribution in [0.1, 0.15) is 102 Å². The third kappa shape index (κ3) is 34.7. The smallest absolute Gasteiger partial charge is 0.326 e. The van der Waals surface area contributed by atoms with E-state index < -0.39 is 84.9 Å². The van der Waals surface area contributed by atoms with Gasteiger partial charge in [-0.25, -0.2) is 14.4 Å². The molecule has 13 N–H and O–H groups in total. The fourth-order valence-electron chi connectivity index (χ4n) is 10.6. The van der Waals surface area contributed by atoms with Crippen LogP contribution in [0.15, 0.2) is 24.3 Å². The number of urea groups is 1. The van der Waals surface area contributed by atoms with Gasteiger partial charge >= 0.3 is 53.8 Å². The minimum Gasteiger partial charge on any atom is -0.481 e. The third-order valence-electron chi connectivity index (χ3n) is 15.6. The van der Waals surface area contributed by atoms with Crippen molar-refractivity contribution in [2.75, 3.05) is 160 Å². The number of hydrogen-bond acceptors (Lipinski definition) is 23. The number of unbranched alkanes of at least 4 members (excludes halogenated alkanes) is 8. The van der Waals surface area contributed by atoms with Crippen LogP contribution in [-0.4, -0.2) is 302 Å². The standard InChI is InChI=1S/C60H96N14O20/c75-48(61-20-9-8-11-46(55(88)89)64-60(92)65-47(56(90)91)17-18-49(76)77)12-7-5-3-1-2-4-6-10-22-69-27-30-73(31-28-69)59-67-57(62-21-34-94-36-35-93-33-19-50(78)79)66-58(68-59)63-44-15-13-43(14-16-44)37-45-38-72(41-53(84)85)26-25-70(39-51(80)81)23-24-71(40-52(82)83)29-32-74(45)42-54(86)87/h13-16,45-47H,1-12,17-42H2,(H,61,75)(H,76,77)(H,78,79)(H,80,81)(H,82,83)(H,84,85)(H,86,87)(H,88,89)(H,90,91)(H2,64,65,92)(H2,62,63,66,67,68)/t45?,46?,47-/m0/s1. The van der Waals surface area contributed by atoms with Crippen LogP contribution in [0.4, 0.5) is 28.3 Å². The molecule has 2 aromatic rings. The van der Waals surface area contributed by atoms with Crippen LogP contribution in [-0.2, 0) is 59.0 Å². The summed E-state index contributed by atoms with van der Waals surface area (Å²) in [6, 6.07) is 2.95. The molecule has 526 valence electrons. The van der Waals surface area contributed by atoms with Crippen molar-refractivity contribution >= 4 is 83.2 Å². The molecule has 1 aromatic carbocycles. The fourth-order valence-corrected chi connectivity index (χ4v) is 10.6. The Morgan fingerprint density at radius 1 is 0.479 bits per heavy atom. The molecule has 1 aromatic heterocycles. The molecule has 4 rings (SSSR count). The number of nitrogens with zero attached hydrogens (tertiary/aromatic N) is 9. The summed E-state index contributed by atoms with van der Waals surface area (Å²) < 4.78 is 11.0. The predicted molar refractivity (Wildman–Crippen MR) is 339 cm³/mol. The Hall–Kier alpha value is -8.15. The summed E-state index contributed by atoms with van der Waals surface area (Å²) in [7, 11) is 0. The number of piperazine rings is 1. The number of hydrogen-bond donors (Lipinski definition) is 13. The minimum absolute atomic E-state index is 0.0360. The van der Waals surface area contributed by atoms with E-state index in [1.807, 2.05) is 24.3 Å². The molecule has 3 atom stereocenters. The Kier molecular flexibility index (Phi) is 37.0. The topological polar surface area (TPSA) is 469 Å². The van der Waals surface area contributed by atoms with Gasteiger partial charge in [0, 0.05) is 110 Å². The van der Waals surface area contributed by atoms with Gasteiger partial charge in [-0.05, 0) is 69.2 Å². The Balaban J connectivity index is 1.26. The number of carbonyl (C=O) groups excluding carboxylic acids is 2. The molecule has 2 saturated heterocycles. The van der Waals surface area contributed by atoms with Gasteiger partial charge < -0.3 is 81.8 Å². The van der Waals surface area contributed by atoms with Crippen LogP contribution < -0.4 is 31.5 Å². The second-order valence-corrected chi connectivity index (χ2v) is 23.2. The van der Waals surface area contributed by atoms with Crippen LogP contribution in [0.5, 0.6) is 0 Å². The Morgan fingerprint density at radius 2 is 1.00 bits per heavy atom. The molecule has 0 saturated carbocycles. The van der Waals surface area contributed by atoms with Gasteiger partial charge in [0.1, 0.15) is 12.1 Å². The number of carboxylic acid groups (broad SMARTS) is 8. The zero-order chi connectivity index (χ0) is 68.6. The Labute approximate surface area is 545 Å². The average Bonchev–Trinajstić information content (AvgIpc) is 0.871. The Morgan fingerprint density at radius 3 is 1.59 bits per heavy atom. The van der Waals surface area contributed by atoms with E-state index in [0.717, 1.165) is 76.6 Å². The van der Waals surface area contributed by atoms with E-state index in [1.165, 1.54) is 0 Å². The molecule has 3 amide bonds. The molecule has 2 unspecified atom stereocenters. The van der Waals surface area contributed by atoms with Crippen molar-refractivity contribution in [2.45, 2.75) is 121 Å². The molecule has 3 heterocycles. The molecule has 2 fully saturated rings. The monoisotopic (exact) mass is 1330 g/mol. The van der Waals surface area contributed by atoms with Crippen LogP contribution in [0.3, 0.4) is 0 Å². The number of anilines is 4. The van der Waals surface area contributed by atoms with Crippen LogP contribution in [0.25, 0.3) is 0 Å². The van der Waals surface area contributed by atoms with Crippen molar-refractivity contribution in [3.05, 3.63) is 29.8 Å². The van der Waals surface area contributed by atoms with Crippen molar-refractivity contribution in [2.24, 2.45) is 0 Å². The van der Waals surface area contributed by atoms with Gasteiger partial charge in [0.05, 0.1) is 59.0 Å². The summed E-state index contributed by atoms with van der Waals surface area (Å²) in [6.07, 6.45) is 8.57. The molecule has 2 aliphatic heterocycles. The lowest BCUT2D eigenvalue weighted by molar-refractivity contribution is -0.142. The second-order valence-electron chi connectivity index (χ2n) is 23.2. The molecule has 34 heteroatoms. The Bertz CT molecular complexity index is 2690. The van der Waals surface area contributed by atoms with Crippen LogP contribution >= 0.6 is 0 Å². The first kappa shape index (κ1) is 78.3. The van der Waals surface area contributed by atoms with E-state index in [0.29, 0.717) is 63.0 Å². The van der Waals surface area contributed by atoms with Crippen molar-refractivity contribution in [3.63, 3.8) is 0 Å². The molecule has 0 spiro atoms. The fraction of sp³-hybridized carbons (Fsp3) is 0.683. The number of ether oxygens (including phenoxy) is 2. The second kappa shape index (κ2) is 44.4. The highest BCUT2D eigenvalue weighted by Gasteiger charge is 2.29. The first-order valence-electron chi connectivity index (χ1n) is 32.0. The van der Waals surface area contributed by atoms with Crippen molar-refractivity contribution in [1.82, 2.24) is 55.4 Å². The molecule has 34 nitrogen and oxygen atoms in total. The lowest BCUT2D eigenvalue weighted by Crippen LogP contribution is -2.53. The minimum atomic E-state index is -1.50. The highest BCUT2D eigenvalue weighted by atomic mass is 16.5. The highest BCUT2D eigenvalue weighted by Crippen LogP contribution is 2.22. The van der Waals surface area contributed by atoms with E-state index in [-0.39, 0.29) is 129 Å². The highest BCUT2D eigenvalue weighted by molar-refractivity contribution is 5.86. The molecule has 0 bridgehead atoms. The number of carboxylic acids is 8. The summed E-state index contributed by atoms with van der Waals surface area (Å²) in [5.74, 6) is -8.45. The summed E-state index contributed by atoms with van der Waals surface area (Å²) in [5.41, 5.74) is 1.41. The maximum absolute atomic E-state index is 12.4. The van der Waals surface area contributed by atoms with Crippen molar-refractivity contribution < 1.29 is 98.3 Å².